The van der Waals surface area contributed by atoms with Crippen LogP contribution in [0.5, 0.6) is 0 Å². The van der Waals surface area contributed by atoms with Gasteiger partial charge in [0.15, 0.2) is 0 Å². The highest BCUT2D eigenvalue weighted by Crippen LogP contribution is 1.77. The lowest BCUT2D eigenvalue weighted by Gasteiger charge is -2.07. The summed E-state index contributed by atoms with van der Waals surface area (Å²) in [5.74, 6) is -0.615. The van der Waals surface area contributed by atoms with Gasteiger partial charge in [0.05, 0.1) is 0 Å². The molecule has 81 valence electrons. The van der Waals surface area contributed by atoms with Gasteiger partial charge in [0.2, 0.25) is 12.2 Å². The molecule has 0 aromatic carbocycles. The first-order valence-corrected chi connectivity index (χ1v) is 4.05. The molecule has 1 aromatic heterocycles. The molecule has 0 aliphatic heterocycles. The SMILES string of the molecule is CC(O)NC(=O)Cn1[c]n[nH]c(=O)c1=O. The number of nitrogens with one attached hydrogen (secondary N) is 2. The lowest BCUT2D eigenvalue weighted by molar-refractivity contribution is -0.124. The minimum Gasteiger partial charge on any atom is -0.374 e. The second-order valence-electron chi connectivity index (χ2n) is 2.79. The summed E-state index contributed by atoms with van der Waals surface area (Å²) in [5, 5.41) is 16.1. The van der Waals surface area contributed by atoms with E-state index >= 15 is 0 Å². The number of aromatic amines is 1. The molecule has 15 heavy (non-hydrogen) atoms. The summed E-state index contributed by atoms with van der Waals surface area (Å²) in [5.41, 5.74) is -1.86. The van der Waals surface area contributed by atoms with E-state index in [4.69, 9.17) is 5.11 Å². The Balaban J connectivity index is 2.82. The molecule has 1 amide bonds. The van der Waals surface area contributed by atoms with Crippen molar-refractivity contribution in [2.45, 2.75) is 19.7 Å². The first-order valence-electron chi connectivity index (χ1n) is 4.05. The van der Waals surface area contributed by atoms with Gasteiger partial charge >= 0.3 is 11.1 Å². The molecule has 3 N–H and O–H groups in total. The summed E-state index contributed by atoms with van der Waals surface area (Å²) >= 11 is 0. The highest BCUT2D eigenvalue weighted by atomic mass is 16.3. The van der Waals surface area contributed by atoms with Crippen LogP contribution in [0, 0.1) is 6.33 Å². The predicted molar refractivity (Wildman–Crippen MR) is 47.8 cm³/mol. The molecule has 1 rings (SSSR count). The topological polar surface area (TPSA) is 117 Å². The lowest BCUT2D eigenvalue weighted by atomic mass is 10.5. The molecule has 1 radical (unpaired) electrons. The van der Waals surface area contributed by atoms with Crippen molar-refractivity contribution in [2.75, 3.05) is 0 Å². The minimum absolute atomic E-state index is 0.416. The van der Waals surface area contributed by atoms with Crippen LogP contribution in [-0.2, 0) is 11.3 Å². The van der Waals surface area contributed by atoms with Gasteiger partial charge in [-0.05, 0) is 6.92 Å². The lowest BCUT2D eigenvalue weighted by Crippen LogP contribution is -2.42. The molecule has 0 bridgehead atoms. The van der Waals surface area contributed by atoms with E-state index in [0.29, 0.717) is 0 Å². The molecule has 0 aliphatic carbocycles. The quantitative estimate of drug-likeness (QED) is 0.370. The second kappa shape index (κ2) is 4.51. The van der Waals surface area contributed by atoms with E-state index in [9.17, 15) is 14.4 Å². The number of hydrogen-bond donors (Lipinski definition) is 3. The fraction of sp³-hybridized carbons (Fsp3) is 0.429. The van der Waals surface area contributed by atoms with Crippen LogP contribution in [0.3, 0.4) is 0 Å². The van der Waals surface area contributed by atoms with Gasteiger partial charge in [-0.2, -0.15) is 5.10 Å². The number of aliphatic hydroxyl groups is 1. The van der Waals surface area contributed by atoms with E-state index in [0.717, 1.165) is 4.57 Å². The summed E-state index contributed by atoms with van der Waals surface area (Å²) < 4.78 is 0.719. The first kappa shape index (κ1) is 11.1. The van der Waals surface area contributed by atoms with Gasteiger partial charge in [-0.15, -0.1) is 0 Å². The van der Waals surface area contributed by atoms with Crippen LogP contribution in [0.2, 0.25) is 0 Å². The van der Waals surface area contributed by atoms with Gasteiger partial charge in [0.25, 0.3) is 0 Å². The third kappa shape index (κ3) is 3.02. The Morgan fingerprint density at radius 3 is 3.00 bits per heavy atom. The number of H-pyrrole nitrogens is 1. The van der Waals surface area contributed by atoms with Crippen molar-refractivity contribution in [2.24, 2.45) is 0 Å². The maximum absolute atomic E-state index is 11.1. The molecule has 0 saturated carbocycles. The molecule has 1 heterocycles. The molecular formula is C7H9N4O4. The van der Waals surface area contributed by atoms with Gasteiger partial charge in [0, 0.05) is 0 Å². The monoisotopic (exact) mass is 213 g/mol. The van der Waals surface area contributed by atoms with Crippen LogP contribution in [0.25, 0.3) is 0 Å². The zero-order valence-corrected chi connectivity index (χ0v) is 7.85. The summed E-state index contributed by atoms with van der Waals surface area (Å²) in [4.78, 5) is 33.0. The Kier molecular flexibility index (Phi) is 3.34. The van der Waals surface area contributed by atoms with E-state index in [-0.39, 0.29) is 0 Å². The number of nitrogens with zero attached hydrogens (tertiary/aromatic N) is 2. The Morgan fingerprint density at radius 1 is 1.73 bits per heavy atom. The fourth-order valence-electron chi connectivity index (χ4n) is 0.881. The van der Waals surface area contributed by atoms with Gasteiger partial charge in [-0.1, -0.05) is 0 Å². The number of aliphatic hydroxyl groups excluding tert-OH is 1. The van der Waals surface area contributed by atoms with Gasteiger partial charge in [0.1, 0.15) is 12.8 Å². The summed E-state index contributed by atoms with van der Waals surface area (Å²) in [6, 6.07) is 0. The van der Waals surface area contributed by atoms with E-state index < -0.39 is 29.8 Å². The van der Waals surface area contributed by atoms with Crippen molar-refractivity contribution in [3.63, 3.8) is 0 Å². The molecule has 1 aromatic rings. The molecular weight excluding hydrogens is 204 g/mol. The Bertz CT molecular complexity index is 461. The van der Waals surface area contributed by atoms with Crippen molar-refractivity contribution in [3.05, 3.63) is 27.0 Å². The van der Waals surface area contributed by atoms with Crippen LogP contribution < -0.4 is 16.4 Å². The third-order valence-corrected chi connectivity index (χ3v) is 1.44. The van der Waals surface area contributed by atoms with E-state index in [1.54, 1.807) is 0 Å². The predicted octanol–water partition coefficient (Wildman–Crippen LogP) is -2.81. The summed E-state index contributed by atoms with van der Waals surface area (Å²) in [6.45, 7) is 0.932. The Morgan fingerprint density at radius 2 is 2.40 bits per heavy atom. The smallest absolute Gasteiger partial charge is 0.330 e. The van der Waals surface area contributed by atoms with E-state index in [2.05, 4.69) is 16.7 Å². The highest BCUT2D eigenvalue weighted by Gasteiger charge is 2.08. The Hall–Kier alpha value is -1.96. The first-order chi connectivity index (χ1) is 7.00. The molecule has 0 spiro atoms. The molecule has 0 aliphatic rings. The minimum atomic E-state index is -1.02. The zero-order valence-electron chi connectivity index (χ0n) is 7.85. The fourth-order valence-corrected chi connectivity index (χ4v) is 0.881. The van der Waals surface area contributed by atoms with Crippen LogP contribution in [0.15, 0.2) is 9.59 Å². The van der Waals surface area contributed by atoms with Crippen LogP contribution >= 0.6 is 0 Å². The van der Waals surface area contributed by atoms with Gasteiger partial charge in [-0.3, -0.25) is 19.0 Å². The van der Waals surface area contributed by atoms with Crippen molar-refractivity contribution >= 4 is 5.91 Å². The maximum atomic E-state index is 11.1. The Labute approximate surface area is 83.6 Å². The summed E-state index contributed by atoms with van der Waals surface area (Å²) in [6.07, 6.45) is 1.11. The van der Waals surface area contributed by atoms with E-state index in [1.165, 1.54) is 6.92 Å². The molecule has 8 heteroatoms. The number of aromatic nitrogens is 3. The zero-order chi connectivity index (χ0) is 11.4. The number of amides is 1. The molecule has 1 atom stereocenters. The van der Waals surface area contributed by atoms with Crippen LogP contribution in [0.1, 0.15) is 6.92 Å². The van der Waals surface area contributed by atoms with Crippen molar-refractivity contribution in [1.82, 2.24) is 20.1 Å². The maximum Gasteiger partial charge on any atom is 0.330 e. The number of rotatable bonds is 3. The molecule has 0 saturated heterocycles. The molecule has 8 nitrogen and oxygen atoms in total. The average molecular weight is 213 g/mol. The van der Waals surface area contributed by atoms with Crippen molar-refractivity contribution in [1.29, 1.82) is 0 Å². The second-order valence-corrected chi connectivity index (χ2v) is 2.79. The van der Waals surface area contributed by atoms with Crippen molar-refractivity contribution < 1.29 is 9.90 Å². The molecule has 0 fully saturated rings. The normalized spacial score (nSPS) is 12.1. The van der Waals surface area contributed by atoms with Gasteiger partial charge < -0.3 is 10.4 Å². The number of carbonyl (C=O) groups excluding carboxylic acids is 1. The largest absolute Gasteiger partial charge is 0.374 e. The third-order valence-electron chi connectivity index (χ3n) is 1.44. The average Bonchev–Trinajstić information content (AvgIpc) is 2.11. The van der Waals surface area contributed by atoms with Crippen LogP contribution in [-0.4, -0.2) is 32.0 Å². The number of carbonyl (C=O) groups is 1. The molecule has 1 unspecified atom stereocenters. The summed E-state index contributed by atoms with van der Waals surface area (Å²) in [7, 11) is 0. The van der Waals surface area contributed by atoms with E-state index in [1.807, 2.05) is 5.10 Å². The van der Waals surface area contributed by atoms with Crippen LogP contribution in [0.4, 0.5) is 0 Å². The highest BCUT2D eigenvalue weighted by molar-refractivity contribution is 5.75. The van der Waals surface area contributed by atoms with Gasteiger partial charge in [-0.25, -0.2) is 5.10 Å². The standard InChI is InChI=1S/C7H9N4O4/c1-4(12)9-5(13)2-11-3-8-10-6(14)7(11)15/h4,12H,2H2,1H3,(H,9,13)(H,10,14). The number of hydrogen-bond acceptors (Lipinski definition) is 5. The van der Waals surface area contributed by atoms with Crippen molar-refractivity contribution in [3.8, 4) is 0 Å².